The largest absolute Gasteiger partial charge is 0.370 e. The van der Waals surface area contributed by atoms with E-state index in [1.807, 2.05) is 20.9 Å². The van der Waals surface area contributed by atoms with Gasteiger partial charge in [0, 0.05) is 44.5 Å². The molecule has 0 spiro atoms. The van der Waals surface area contributed by atoms with Gasteiger partial charge in [-0.3, -0.25) is 0 Å². The Morgan fingerprint density at radius 3 is 2.52 bits per heavy atom. The highest BCUT2D eigenvalue weighted by Crippen LogP contribution is 2.18. The third-order valence-electron chi connectivity index (χ3n) is 4.93. The Morgan fingerprint density at radius 1 is 1.19 bits per heavy atom. The summed E-state index contributed by atoms with van der Waals surface area (Å²) in [7, 11) is -1.47. The van der Waals surface area contributed by atoms with E-state index in [1.54, 1.807) is 12.1 Å². The number of piperazine rings is 1. The third kappa shape index (κ3) is 4.66. The van der Waals surface area contributed by atoms with Crippen LogP contribution in [0.2, 0.25) is 0 Å². The molecule has 0 radical (unpaired) electrons. The maximum atomic E-state index is 12.7. The molecule has 0 atom stereocenters. The molecule has 8 nitrogen and oxygen atoms in total. The van der Waals surface area contributed by atoms with E-state index in [0.29, 0.717) is 18.9 Å². The number of nitrogens with zero attached hydrogens (tertiary/aromatic N) is 4. The van der Waals surface area contributed by atoms with Gasteiger partial charge in [0.15, 0.2) is 0 Å². The van der Waals surface area contributed by atoms with Crippen LogP contribution in [-0.4, -0.2) is 67.5 Å². The summed E-state index contributed by atoms with van der Waals surface area (Å²) in [4.78, 5) is 6.63. The van der Waals surface area contributed by atoms with Crippen molar-refractivity contribution in [1.29, 1.82) is 0 Å². The van der Waals surface area contributed by atoms with Crippen molar-refractivity contribution in [3.63, 3.8) is 0 Å². The summed E-state index contributed by atoms with van der Waals surface area (Å²) in [5.74, 6) is 1.54. The first-order valence-electron chi connectivity index (χ1n) is 9.18. The molecular weight excluding hydrogens is 366 g/mol. The zero-order chi connectivity index (χ0) is 19.4. The van der Waals surface area contributed by atoms with Crippen molar-refractivity contribution >= 4 is 15.8 Å². The Bertz CT molecular complexity index is 836. The highest BCUT2D eigenvalue weighted by Gasteiger charge is 2.27. The minimum atomic E-state index is -3.47. The lowest BCUT2D eigenvalue weighted by molar-refractivity contribution is 0.222. The molecule has 1 fully saturated rings. The van der Waals surface area contributed by atoms with E-state index in [9.17, 15) is 8.42 Å². The van der Waals surface area contributed by atoms with Crippen LogP contribution in [0.3, 0.4) is 0 Å². The van der Waals surface area contributed by atoms with E-state index in [1.165, 1.54) is 10.5 Å². The first kappa shape index (κ1) is 19.8. The first-order valence-corrected chi connectivity index (χ1v) is 10.6. The molecule has 0 amide bonds. The maximum Gasteiger partial charge on any atom is 0.244 e. The number of anilines is 1. The van der Waals surface area contributed by atoms with Crippen LogP contribution in [0.15, 0.2) is 27.7 Å². The summed E-state index contributed by atoms with van der Waals surface area (Å²) in [5, 5.41) is 7.19. The average molecular weight is 394 g/mol. The molecule has 3 heterocycles. The Hall–Kier alpha value is -1.97. The lowest BCUT2D eigenvalue weighted by Gasteiger charge is -2.31. The highest BCUT2D eigenvalue weighted by atomic mass is 32.2. The van der Waals surface area contributed by atoms with Gasteiger partial charge in [-0.1, -0.05) is 5.16 Å². The van der Waals surface area contributed by atoms with E-state index in [-0.39, 0.29) is 4.90 Å². The number of sulfonamides is 1. The van der Waals surface area contributed by atoms with E-state index in [0.717, 1.165) is 49.5 Å². The lowest BCUT2D eigenvalue weighted by Crippen LogP contribution is -2.47. The average Bonchev–Trinajstić information content (AvgIpc) is 2.98. The fraction of sp³-hybridized carbons (Fsp3) is 0.556. The van der Waals surface area contributed by atoms with E-state index in [4.69, 9.17) is 4.52 Å². The smallest absolute Gasteiger partial charge is 0.244 e. The summed E-state index contributed by atoms with van der Waals surface area (Å²) >= 11 is 0. The van der Waals surface area contributed by atoms with Crippen LogP contribution in [0.1, 0.15) is 23.4 Å². The monoisotopic (exact) mass is 393 g/mol. The van der Waals surface area contributed by atoms with Crippen molar-refractivity contribution in [3.05, 3.63) is 35.3 Å². The summed E-state index contributed by atoms with van der Waals surface area (Å²) in [6, 6.07) is 3.34. The Morgan fingerprint density at radius 2 is 1.93 bits per heavy atom. The van der Waals surface area contributed by atoms with Crippen LogP contribution in [0.4, 0.5) is 5.82 Å². The molecule has 2 aromatic rings. The standard InChI is InChI=1S/C18H27N5O3S/c1-14-17(15(2)26-21-14)5-4-8-19-18-7-6-16(13-20-18)27(24,25)23-11-9-22(3)10-12-23/h6-7,13H,4-5,8-12H2,1-3H3,(H,19,20). The van der Waals surface area contributed by atoms with Crippen molar-refractivity contribution in [2.45, 2.75) is 31.6 Å². The number of likely N-dealkylation sites (N-methyl/N-ethyl adjacent to an activating group) is 1. The van der Waals surface area contributed by atoms with Gasteiger partial charge in [0.25, 0.3) is 0 Å². The molecule has 9 heteroatoms. The highest BCUT2D eigenvalue weighted by molar-refractivity contribution is 7.89. The summed E-state index contributed by atoms with van der Waals surface area (Å²) in [6.07, 6.45) is 3.22. The first-order chi connectivity index (χ1) is 12.9. The quantitative estimate of drug-likeness (QED) is 0.715. The number of pyridine rings is 1. The molecule has 1 aliphatic heterocycles. The van der Waals surface area contributed by atoms with Gasteiger partial charge < -0.3 is 14.7 Å². The van der Waals surface area contributed by atoms with Gasteiger partial charge in [-0.2, -0.15) is 4.31 Å². The molecule has 0 aromatic carbocycles. The van der Waals surface area contributed by atoms with Gasteiger partial charge in [0.2, 0.25) is 10.0 Å². The number of nitrogens with one attached hydrogen (secondary N) is 1. The van der Waals surface area contributed by atoms with Crippen molar-refractivity contribution in [2.75, 3.05) is 45.1 Å². The molecule has 0 saturated carbocycles. The Balaban J connectivity index is 1.52. The molecule has 0 aliphatic carbocycles. The predicted molar refractivity (Wildman–Crippen MR) is 103 cm³/mol. The predicted octanol–water partition coefficient (Wildman–Crippen LogP) is 1.67. The zero-order valence-electron chi connectivity index (χ0n) is 16.1. The molecule has 0 unspecified atom stereocenters. The third-order valence-corrected chi connectivity index (χ3v) is 6.81. The molecule has 27 heavy (non-hydrogen) atoms. The molecule has 148 valence electrons. The van der Waals surface area contributed by atoms with Crippen LogP contribution < -0.4 is 5.32 Å². The minimum absolute atomic E-state index is 0.244. The van der Waals surface area contributed by atoms with Gasteiger partial charge in [-0.15, -0.1) is 0 Å². The van der Waals surface area contributed by atoms with Crippen LogP contribution in [0.25, 0.3) is 0 Å². The normalized spacial score (nSPS) is 16.6. The van der Waals surface area contributed by atoms with Crippen molar-refractivity contribution in [1.82, 2.24) is 19.3 Å². The van der Waals surface area contributed by atoms with Crippen molar-refractivity contribution < 1.29 is 12.9 Å². The number of aromatic nitrogens is 2. The minimum Gasteiger partial charge on any atom is -0.370 e. The Labute approximate surface area is 160 Å². The number of hydrogen-bond acceptors (Lipinski definition) is 7. The van der Waals surface area contributed by atoms with Crippen molar-refractivity contribution in [3.8, 4) is 0 Å². The van der Waals surface area contributed by atoms with Crippen LogP contribution in [-0.2, 0) is 16.4 Å². The van der Waals surface area contributed by atoms with E-state index < -0.39 is 10.0 Å². The molecule has 1 N–H and O–H groups in total. The second-order valence-corrected chi connectivity index (χ2v) is 8.86. The van der Waals surface area contributed by atoms with Gasteiger partial charge in [0.1, 0.15) is 16.5 Å². The maximum absolute atomic E-state index is 12.7. The summed E-state index contributed by atoms with van der Waals surface area (Å²) in [6.45, 7) is 7.13. The van der Waals surface area contributed by atoms with E-state index >= 15 is 0 Å². The second-order valence-electron chi connectivity index (χ2n) is 6.92. The second kappa shape index (κ2) is 8.37. The summed E-state index contributed by atoms with van der Waals surface area (Å²) in [5.41, 5.74) is 2.09. The molecule has 2 aromatic heterocycles. The molecule has 1 aliphatic rings. The van der Waals surface area contributed by atoms with Gasteiger partial charge >= 0.3 is 0 Å². The van der Waals surface area contributed by atoms with Crippen LogP contribution >= 0.6 is 0 Å². The fourth-order valence-corrected chi connectivity index (χ4v) is 4.52. The summed E-state index contributed by atoms with van der Waals surface area (Å²) < 4.78 is 32.1. The van der Waals surface area contributed by atoms with E-state index in [2.05, 4.69) is 20.4 Å². The number of hydrogen-bond donors (Lipinski definition) is 1. The van der Waals surface area contributed by atoms with Gasteiger partial charge in [0.05, 0.1) is 5.69 Å². The topological polar surface area (TPSA) is 91.6 Å². The molecular formula is C18H27N5O3S. The van der Waals surface area contributed by atoms with Crippen molar-refractivity contribution in [2.24, 2.45) is 0 Å². The molecule has 0 bridgehead atoms. The number of rotatable bonds is 7. The lowest BCUT2D eigenvalue weighted by atomic mass is 10.1. The van der Waals surface area contributed by atoms with Gasteiger partial charge in [-0.05, 0) is 45.9 Å². The zero-order valence-corrected chi connectivity index (χ0v) is 16.9. The van der Waals surface area contributed by atoms with Gasteiger partial charge in [-0.25, -0.2) is 13.4 Å². The molecule has 3 rings (SSSR count). The van der Waals surface area contributed by atoms with Crippen LogP contribution in [0.5, 0.6) is 0 Å². The number of aryl methyl sites for hydroxylation is 2. The van der Waals surface area contributed by atoms with Crippen LogP contribution in [0, 0.1) is 13.8 Å². The Kier molecular flexibility index (Phi) is 6.13. The SMILES string of the molecule is Cc1noc(C)c1CCCNc1ccc(S(=O)(=O)N2CCN(C)CC2)cn1. The fourth-order valence-electron chi connectivity index (χ4n) is 3.16. The molecule has 1 saturated heterocycles.